The molecule has 2 aromatic carbocycles. The molecule has 7 heteroatoms. The molecule has 1 amide bonds. The zero-order chi connectivity index (χ0) is 16.2. The lowest BCUT2D eigenvalue weighted by Gasteiger charge is -2.10. The SMILES string of the molecule is CS(=O)(=O)NCc1cccc(Oc2ccccc2C(N)=O)c1. The molecule has 22 heavy (non-hydrogen) atoms. The first-order valence-electron chi connectivity index (χ1n) is 6.45. The maximum Gasteiger partial charge on any atom is 0.252 e. The smallest absolute Gasteiger partial charge is 0.252 e. The Hall–Kier alpha value is -2.38. The lowest BCUT2D eigenvalue weighted by molar-refractivity contribution is 0.0998. The van der Waals surface area contributed by atoms with Crippen molar-refractivity contribution in [1.29, 1.82) is 0 Å². The van der Waals surface area contributed by atoms with Gasteiger partial charge in [-0.15, -0.1) is 0 Å². The molecule has 0 heterocycles. The number of nitrogens with two attached hydrogens (primary N) is 1. The number of hydrogen-bond donors (Lipinski definition) is 2. The van der Waals surface area contributed by atoms with Gasteiger partial charge >= 0.3 is 0 Å². The van der Waals surface area contributed by atoms with Crippen LogP contribution in [0.1, 0.15) is 15.9 Å². The zero-order valence-corrected chi connectivity index (χ0v) is 12.8. The van der Waals surface area contributed by atoms with Gasteiger partial charge in [-0.3, -0.25) is 4.79 Å². The Labute approximate surface area is 129 Å². The first-order valence-corrected chi connectivity index (χ1v) is 8.34. The first kappa shape index (κ1) is 16.0. The zero-order valence-electron chi connectivity index (χ0n) is 11.9. The van der Waals surface area contributed by atoms with Gasteiger partial charge in [0.25, 0.3) is 5.91 Å². The summed E-state index contributed by atoms with van der Waals surface area (Å²) < 4.78 is 30.3. The van der Waals surface area contributed by atoms with Gasteiger partial charge in [0.1, 0.15) is 11.5 Å². The fourth-order valence-electron chi connectivity index (χ4n) is 1.82. The number of primary amides is 1. The fraction of sp³-hybridized carbons (Fsp3) is 0.133. The summed E-state index contributed by atoms with van der Waals surface area (Å²) in [6, 6.07) is 13.6. The van der Waals surface area contributed by atoms with E-state index in [1.54, 1.807) is 48.5 Å². The Morgan fingerprint density at radius 1 is 1.18 bits per heavy atom. The maximum absolute atomic E-state index is 11.4. The van der Waals surface area contributed by atoms with Gasteiger partial charge in [0, 0.05) is 6.54 Å². The number of rotatable bonds is 6. The van der Waals surface area contributed by atoms with Crippen LogP contribution in [-0.2, 0) is 16.6 Å². The molecular weight excluding hydrogens is 304 g/mol. The summed E-state index contributed by atoms with van der Waals surface area (Å²) in [5.41, 5.74) is 6.31. The summed E-state index contributed by atoms with van der Waals surface area (Å²) in [5.74, 6) is 0.259. The van der Waals surface area contributed by atoms with Crippen molar-refractivity contribution in [1.82, 2.24) is 4.72 Å². The topological polar surface area (TPSA) is 98.5 Å². The molecule has 0 atom stereocenters. The molecule has 0 saturated carbocycles. The van der Waals surface area contributed by atoms with Crippen LogP contribution in [-0.4, -0.2) is 20.6 Å². The van der Waals surface area contributed by atoms with Crippen molar-refractivity contribution in [3.8, 4) is 11.5 Å². The predicted molar refractivity (Wildman–Crippen MR) is 83.2 cm³/mol. The molecule has 116 valence electrons. The summed E-state index contributed by atoms with van der Waals surface area (Å²) in [6.45, 7) is 0.160. The Bertz CT molecular complexity index is 788. The van der Waals surface area contributed by atoms with E-state index in [-0.39, 0.29) is 12.1 Å². The number of hydrogen-bond acceptors (Lipinski definition) is 4. The monoisotopic (exact) mass is 320 g/mol. The number of sulfonamides is 1. The molecule has 3 N–H and O–H groups in total. The minimum atomic E-state index is -3.26. The first-order chi connectivity index (χ1) is 10.3. The molecule has 0 aliphatic heterocycles. The number of benzene rings is 2. The standard InChI is InChI=1S/C15H16N2O4S/c1-22(19,20)17-10-11-5-4-6-12(9-11)21-14-8-3-2-7-13(14)15(16)18/h2-9,17H,10H2,1H3,(H2,16,18). The van der Waals surface area contributed by atoms with Crippen LogP contribution < -0.4 is 15.2 Å². The van der Waals surface area contributed by atoms with E-state index >= 15 is 0 Å². The lowest BCUT2D eigenvalue weighted by Crippen LogP contribution is -2.21. The largest absolute Gasteiger partial charge is 0.457 e. The summed E-state index contributed by atoms with van der Waals surface area (Å²) in [5, 5.41) is 0. The highest BCUT2D eigenvalue weighted by Gasteiger charge is 2.09. The molecule has 0 aromatic heterocycles. The van der Waals surface area contributed by atoms with E-state index in [2.05, 4.69) is 4.72 Å². The van der Waals surface area contributed by atoms with Gasteiger partial charge in [0.2, 0.25) is 10.0 Å². The molecule has 0 aliphatic carbocycles. The van der Waals surface area contributed by atoms with Gasteiger partial charge in [0.15, 0.2) is 0 Å². The molecule has 0 spiro atoms. The molecule has 2 rings (SSSR count). The Morgan fingerprint density at radius 3 is 2.59 bits per heavy atom. The molecule has 6 nitrogen and oxygen atoms in total. The van der Waals surface area contributed by atoms with Crippen LogP contribution in [0.4, 0.5) is 0 Å². The van der Waals surface area contributed by atoms with Crippen molar-refractivity contribution in [3.63, 3.8) is 0 Å². The summed E-state index contributed by atoms with van der Waals surface area (Å²) >= 11 is 0. The highest BCUT2D eigenvalue weighted by Crippen LogP contribution is 2.25. The van der Waals surface area contributed by atoms with E-state index in [9.17, 15) is 13.2 Å². The van der Waals surface area contributed by atoms with Crippen molar-refractivity contribution in [2.75, 3.05) is 6.26 Å². The molecule has 0 radical (unpaired) electrons. The predicted octanol–water partition coefficient (Wildman–Crippen LogP) is 1.63. The van der Waals surface area contributed by atoms with Crippen LogP contribution in [0, 0.1) is 0 Å². The molecule has 0 saturated heterocycles. The van der Waals surface area contributed by atoms with Crippen molar-refractivity contribution in [2.45, 2.75) is 6.54 Å². The molecule has 0 unspecified atom stereocenters. The number of carbonyl (C=O) groups excluding carboxylic acids is 1. The van der Waals surface area contributed by atoms with Crippen LogP contribution in [0.5, 0.6) is 11.5 Å². The molecule has 2 aromatic rings. The van der Waals surface area contributed by atoms with Crippen LogP contribution in [0.25, 0.3) is 0 Å². The van der Waals surface area contributed by atoms with E-state index in [4.69, 9.17) is 10.5 Å². The van der Waals surface area contributed by atoms with Crippen LogP contribution >= 0.6 is 0 Å². The number of carbonyl (C=O) groups is 1. The molecule has 0 bridgehead atoms. The van der Waals surface area contributed by atoms with Crippen molar-refractivity contribution in [2.24, 2.45) is 5.73 Å². The quantitative estimate of drug-likeness (QED) is 0.845. The summed E-state index contributed by atoms with van der Waals surface area (Å²) in [7, 11) is -3.26. The number of para-hydroxylation sites is 1. The number of nitrogens with one attached hydrogen (secondary N) is 1. The van der Waals surface area contributed by atoms with Crippen LogP contribution in [0.15, 0.2) is 48.5 Å². The van der Waals surface area contributed by atoms with E-state index < -0.39 is 15.9 Å². The average Bonchev–Trinajstić information content (AvgIpc) is 2.45. The van der Waals surface area contributed by atoms with E-state index in [1.807, 2.05) is 0 Å². The molecular formula is C15H16N2O4S. The van der Waals surface area contributed by atoms with E-state index in [0.29, 0.717) is 11.5 Å². The fourth-order valence-corrected chi connectivity index (χ4v) is 2.25. The third-order valence-electron chi connectivity index (χ3n) is 2.82. The highest BCUT2D eigenvalue weighted by atomic mass is 32.2. The Kier molecular flexibility index (Phi) is 4.79. The molecule has 0 aliphatic rings. The third kappa shape index (κ3) is 4.57. The Morgan fingerprint density at radius 2 is 1.91 bits per heavy atom. The summed E-state index contributed by atoms with van der Waals surface area (Å²) in [6.07, 6.45) is 1.09. The van der Waals surface area contributed by atoms with E-state index in [0.717, 1.165) is 11.8 Å². The van der Waals surface area contributed by atoms with Gasteiger partial charge in [0.05, 0.1) is 11.8 Å². The maximum atomic E-state index is 11.4. The molecule has 0 fully saturated rings. The second-order valence-electron chi connectivity index (χ2n) is 4.70. The van der Waals surface area contributed by atoms with Crippen molar-refractivity contribution < 1.29 is 17.9 Å². The minimum Gasteiger partial charge on any atom is -0.457 e. The second-order valence-corrected chi connectivity index (χ2v) is 6.54. The van der Waals surface area contributed by atoms with Crippen LogP contribution in [0.2, 0.25) is 0 Å². The average molecular weight is 320 g/mol. The van der Waals surface area contributed by atoms with Crippen LogP contribution in [0.3, 0.4) is 0 Å². The Balaban J connectivity index is 2.19. The van der Waals surface area contributed by atoms with Crippen molar-refractivity contribution in [3.05, 3.63) is 59.7 Å². The minimum absolute atomic E-state index is 0.160. The normalized spacial score (nSPS) is 11.1. The van der Waals surface area contributed by atoms with Gasteiger partial charge in [-0.1, -0.05) is 24.3 Å². The third-order valence-corrected chi connectivity index (χ3v) is 3.49. The second kappa shape index (κ2) is 6.59. The number of ether oxygens (including phenoxy) is 1. The highest BCUT2D eigenvalue weighted by molar-refractivity contribution is 7.88. The lowest BCUT2D eigenvalue weighted by atomic mass is 10.2. The van der Waals surface area contributed by atoms with Gasteiger partial charge < -0.3 is 10.5 Å². The van der Waals surface area contributed by atoms with Gasteiger partial charge in [-0.05, 0) is 29.8 Å². The van der Waals surface area contributed by atoms with Gasteiger partial charge in [-0.2, -0.15) is 0 Å². The number of amides is 1. The van der Waals surface area contributed by atoms with Gasteiger partial charge in [-0.25, -0.2) is 13.1 Å². The van der Waals surface area contributed by atoms with E-state index in [1.165, 1.54) is 0 Å². The summed E-state index contributed by atoms with van der Waals surface area (Å²) in [4.78, 5) is 11.4. The van der Waals surface area contributed by atoms with Crippen molar-refractivity contribution >= 4 is 15.9 Å².